The van der Waals surface area contributed by atoms with Crippen LogP contribution >= 0.6 is 0 Å². The number of ether oxygens (including phenoxy) is 8. The first-order valence-corrected chi connectivity index (χ1v) is 24.4. The van der Waals surface area contributed by atoms with E-state index in [4.69, 9.17) is 37.9 Å². The number of hydrogen-bond donors (Lipinski definition) is 0. The highest BCUT2D eigenvalue weighted by Crippen LogP contribution is 2.50. The maximum absolute atomic E-state index is 13.8. The highest BCUT2D eigenvalue weighted by Gasteiger charge is 2.28. The second-order valence-corrected chi connectivity index (χ2v) is 18.1. The summed E-state index contributed by atoms with van der Waals surface area (Å²) in [6.07, 6.45) is 0. The molecule has 10 aromatic carbocycles. The fourth-order valence-corrected chi connectivity index (χ4v) is 10.3. The number of esters is 4. The largest absolute Gasteiger partial charge is 0.496 e. The van der Waals surface area contributed by atoms with Gasteiger partial charge in [-0.05, 0) is 116 Å². The minimum absolute atomic E-state index is 0.167. The molecule has 12 nitrogen and oxygen atoms in total. The van der Waals surface area contributed by atoms with Crippen LogP contribution in [0.4, 0.5) is 0 Å². The molecular formula is C64H48O12. The first kappa shape index (κ1) is 48.6. The number of hydrogen-bond acceptors (Lipinski definition) is 12. The summed E-state index contributed by atoms with van der Waals surface area (Å²) in [6.45, 7) is -0.670. The molecule has 0 saturated carbocycles. The number of benzene rings is 10. The van der Waals surface area contributed by atoms with Crippen LogP contribution in [0.3, 0.4) is 0 Å². The summed E-state index contributed by atoms with van der Waals surface area (Å²) in [6, 6.07) is 51.0. The van der Waals surface area contributed by atoms with E-state index in [-0.39, 0.29) is 48.7 Å². The predicted molar refractivity (Wildman–Crippen MR) is 289 cm³/mol. The van der Waals surface area contributed by atoms with Crippen LogP contribution in [0.2, 0.25) is 0 Å². The molecule has 4 heterocycles. The summed E-state index contributed by atoms with van der Waals surface area (Å²) < 4.78 is 48.8. The third kappa shape index (κ3) is 8.89. The van der Waals surface area contributed by atoms with Gasteiger partial charge in [0.05, 0.1) is 50.7 Å². The maximum Gasteiger partial charge on any atom is 0.338 e. The lowest BCUT2D eigenvalue weighted by Crippen LogP contribution is -2.10. The van der Waals surface area contributed by atoms with Gasteiger partial charge in [-0.1, -0.05) is 97.1 Å². The molecule has 0 saturated heterocycles. The zero-order chi connectivity index (χ0) is 52.5. The third-order valence-corrected chi connectivity index (χ3v) is 13.8. The molecule has 4 aliphatic rings. The number of fused-ring (bicyclic) bond motifs is 4. The summed E-state index contributed by atoms with van der Waals surface area (Å²) in [7, 11) is 6.23. The van der Waals surface area contributed by atoms with Gasteiger partial charge in [-0.15, -0.1) is 0 Å². The second kappa shape index (κ2) is 20.7. The van der Waals surface area contributed by atoms with E-state index in [1.165, 1.54) is 48.5 Å². The van der Waals surface area contributed by atoms with E-state index < -0.39 is 23.9 Å². The van der Waals surface area contributed by atoms with Crippen molar-refractivity contribution in [2.75, 3.05) is 28.4 Å². The lowest BCUT2D eigenvalue weighted by molar-refractivity contribution is 0.0456. The Labute approximate surface area is 436 Å². The fourth-order valence-electron chi connectivity index (χ4n) is 10.3. The average molecular weight is 1010 g/mol. The normalized spacial score (nSPS) is 13.3. The molecule has 0 fully saturated rings. The summed E-state index contributed by atoms with van der Waals surface area (Å²) in [5.74, 6) is -0.702. The highest BCUT2D eigenvalue weighted by atomic mass is 16.5. The summed E-state index contributed by atoms with van der Waals surface area (Å²) in [5, 5.41) is 6.74. The molecule has 0 N–H and O–H groups in total. The smallest absolute Gasteiger partial charge is 0.338 e. The molecule has 0 aliphatic carbocycles. The summed E-state index contributed by atoms with van der Waals surface area (Å²) in [5.41, 5.74) is 5.91. The van der Waals surface area contributed by atoms with Crippen molar-refractivity contribution in [2.45, 2.75) is 26.4 Å². The van der Waals surface area contributed by atoms with Crippen molar-refractivity contribution >= 4 is 67.0 Å². The van der Waals surface area contributed by atoms with Gasteiger partial charge in [0.2, 0.25) is 0 Å². The zero-order valence-corrected chi connectivity index (χ0v) is 41.9. The standard InChI is InChI=1S/C64H48O12/c1-69-57-45-29-41-13-5-9-17-49(41)53(57)54-50-18-10-6-14-42(50)30-46(58(54)70-2)34-74-62(66)39-25-27-40(28-26-39)64(68)76-36-48-32-44-16-8-12-20-52(44)56(60(48)72-4)55-51-19-11-7-15-43(51)31-47(59(55)71-3)35-75-63(67)38-23-21-37(22-24-38)61(65)73-33-45/h5-32H,33-36H2,1-4H3. The van der Waals surface area contributed by atoms with Gasteiger partial charge in [0.1, 0.15) is 49.4 Å². The molecule has 4 aliphatic heterocycles. The fraction of sp³-hybridized carbons (Fsp3) is 0.125. The minimum atomic E-state index is -0.622. The molecule has 0 atom stereocenters. The monoisotopic (exact) mass is 1010 g/mol. The van der Waals surface area contributed by atoms with E-state index >= 15 is 0 Å². The lowest BCUT2D eigenvalue weighted by atomic mass is 9.89. The first-order chi connectivity index (χ1) is 37.2. The van der Waals surface area contributed by atoms with E-state index in [1.54, 1.807) is 28.4 Å². The van der Waals surface area contributed by atoms with Crippen molar-refractivity contribution < 1.29 is 57.1 Å². The number of rotatable bonds is 4. The molecule has 10 aromatic rings. The summed E-state index contributed by atoms with van der Waals surface area (Å²) >= 11 is 0. The first-order valence-electron chi connectivity index (χ1n) is 24.4. The Morgan fingerprint density at radius 2 is 0.487 bits per heavy atom. The molecular weight excluding hydrogens is 961 g/mol. The Balaban J connectivity index is 1.02. The Morgan fingerprint density at radius 3 is 0.684 bits per heavy atom. The van der Waals surface area contributed by atoms with Gasteiger partial charge in [-0.3, -0.25) is 0 Å². The van der Waals surface area contributed by atoms with E-state index in [2.05, 4.69) is 0 Å². The summed E-state index contributed by atoms with van der Waals surface area (Å²) in [4.78, 5) is 55.3. The number of carbonyl (C=O) groups excluding carboxylic acids is 4. The van der Waals surface area contributed by atoms with E-state index in [1.807, 2.05) is 121 Å². The number of methoxy groups -OCH3 is 4. The number of carbonyl (C=O) groups is 4. The lowest BCUT2D eigenvalue weighted by Gasteiger charge is -2.22. The Morgan fingerprint density at radius 1 is 0.289 bits per heavy atom. The van der Waals surface area contributed by atoms with Crippen LogP contribution < -0.4 is 18.9 Å². The van der Waals surface area contributed by atoms with Crippen molar-refractivity contribution in [1.82, 2.24) is 0 Å². The van der Waals surface area contributed by atoms with Gasteiger partial charge < -0.3 is 37.9 Å². The SMILES string of the molecule is COc1c2cc3ccccc3c1-c1c(OC)c(cc3ccccc13)COC(=O)c1ccc(cc1)C(=O)OCc1cc3ccccc3c(c1OC)-c1c(OC)c(cc3ccccc13)COC(=O)c1ccc(cc1)C(=O)OC2. The molecule has 0 aromatic heterocycles. The van der Waals surface area contributed by atoms with Crippen LogP contribution in [0.1, 0.15) is 63.7 Å². The van der Waals surface area contributed by atoms with Gasteiger partial charge in [-0.25, -0.2) is 19.2 Å². The quantitative estimate of drug-likeness (QED) is 0.122. The van der Waals surface area contributed by atoms with Crippen molar-refractivity contribution in [3.63, 3.8) is 0 Å². The molecule has 376 valence electrons. The van der Waals surface area contributed by atoms with E-state index in [0.29, 0.717) is 67.5 Å². The zero-order valence-electron chi connectivity index (χ0n) is 41.9. The minimum Gasteiger partial charge on any atom is -0.496 e. The predicted octanol–water partition coefficient (Wildman–Crippen LogP) is 13.4. The van der Waals surface area contributed by atoms with Crippen LogP contribution in [0, 0.1) is 0 Å². The van der Waals surface area contributed by atoms with Crippen molar-refractivity contribution in [1.29, 1.82) is 0 Å². The highest BCUT2D eigenvalue weighted by molar-refractivity contribution is 6.12. The van der Waals surface area contributed by atoms with Crippen LogP contribution in [-0.4, -0.2) is 52.3 Å². The van der Waals surface area contributed by atoms with Gasteiger partial charge >= 0.3 is 23.9 Å². The van der Waals surface area contributed by atoms with E-state index in [9.17, 15) is 19.2 Å². The Hall–Kier alpha value is -9.68. The molecule has 76 heavy (non-hydrogen) atoms. The molecule has 0 radical (unpaired) electrons. The molecule has 12 heteroatoms. The second-order valence-electron chi connectivity index (χ2n) is 18.1. The average Bonchev–Trinajstić information content (AvgIpc) is 3.62. The van der Waals surface area contributed by atoms with Crippen molar-refractivity contribution in [3.8, 4) is 45.3 Å². The van der Waals surface area contributed by atoms with Crippen LogP contribution in [-0.2, 0) is 45.4 Å². The topological polar surface area (TPSA) is 142 Å². The maximum atomic E-state index is 13.8. The molecule has 12 bridgehead atoms. The van der Waals surface area contributed by atoms with Gasteiger partial charge in [0.15, 0.2) is 0 Å². The van der Waals surface area contributed by atoms with Gasteiger partial charge in [0, 0.05) is 44.5 Å². The van der Waals surface area contributed by atoms with Crippen LogP contribution in [0.5, 0.6) is 23.0 Å². The van der Waals surface area contributed by atoms with Crippen LogP contribution in [0.15, 0.2) is 170 Å². The van der Waals surface area contributed by atoms with E-state index in [0.717, 1.165) is 43.1 Å². The van der Waals surface area contributed by atoms with Gasteiger partial charge in [-0.2, -0.15) is 0 Å². The molecule has 0 spiro atoms. The van der Waals surface area contributed by atoms with Crippen molar-refractivity contribution in [2.24, 2.45) is 0 Å². The molecule has 0 amide bonds. The van der Waals surface area contributed by atoms with Crippen LogP contribution in [0.25, 0.3) is 65.3 Å². The third-order valence-electron chi connectivity index (χ3n) is 13.8. The van der Waals surface area contributed by atoms with Crippen molar-refractivity contribution in [3.05, 3.63) is 214 Å². The Bertz CT molecular complexity index is 3440. The van der Waals surface area contributed by atoms with Gasteiger partial charge in [0.25, 0.3) is 0 Å². The molecule has 14 rings (SSSR count). The molecule has 0 unspecified atom stereocenters. The Kier molecular flexibility index (Phi) is 13.2.